The van der Waals surface area contributed by atoms with Crippen LogP contribution in [0.5, 0.6) is 0 Å². The first-order valence-electron chi connectivity index (χ1n) is 8.00. The molecule has 1 aromatic rings. The van der Waals surface area contributed by atoms with Crippen LogP contribution in [0.2, 0.25) is 0 Å². The van der Waals surface area contributed by atoms with Gasteiger partial charge in [-0.15, -0.1) is 0 Å². The first-order chi connectivity index (χ1) is 10.6. The molecule has 124 valence electrons. The van der Waals surface area contributed by atoms with Crippen molar-refractivity contribution >= 4 is 11.9 Å². The quantitative estimate of drug-likeness (QED) is 0.820. The Kier molecular flexibility index (Phi) is 6.18. The average Bonchev–Trinajstić information content (AvgIpc) is 2.96. The van der Waals surface area contributed by atoms with Gasteiger partial charge in [0.2, 0.25) is 11.8 Å². The summed E-state index contributed by atoms with van der Waals surface area (Å²) in [6.07, 6.45) is 3.42. The van der Waals surface area contributed by atoms with Crippen LogP contribution in [-0.2, 0) is 16.0 Å². The van der Waals surface area contributed by atoms with Gasteiger partial charge in [-0.25, -0.2) is 0 Å². The Labute approximate surface area is 131 Å². The maximum atomic E-state index is 12.2. The third-order valence-electron chi connectivity index (χ3n) is 3.88. The van der Waals surface area contributed by atoms with Gasteiger partial charge >= 0.3 is 0 Å². The second-order valence-electron chi connectivity index (χ2n) is 5.86. The number of carbonyl (C=O) groups excluding carboxylic acids is 1. The SMILES string of the molecule is CCCc1nc(N2CCC(C(=O)N[C@H](C)COC)CC2)no1. The summed E-state index contributed by atoms with van der Waals surface area (Å²) in [5, 5.41) is 7.02. The van der Waals surface area contributed by atoms with Crippen molar-refractivity contribution in [2.45, 2.75) is 45.6 Å². The number of aryl methyl sites for hydroxylation is 1. The lowest BCUT2D eigenvalue weighted by Gasteiger charge is -2.30. The summed E-state index contributed by atoms with van der Waals surface area (Å²) in [4.78, 5) is 18.7. The summed E-state index contributed by atoms with van der Waals surface area (Å²) in [5.41, 5.74) is 0. The molecule has 2 heterocycles. The number of nitrogens with one attached hydrogen (secondary N) is 1. The lowest BCUT2D eigenvalue weighted by Crippen LogP contribution is -2.44. The van der Waals surface area contributed by atoms with Gasteiger partial charge in [-0.2, -0.15) is 4.98 Å². The largest absolute Gasteiger partial charge is 0.383 e. The van der Waals surface area contributed by atoms with E-state index in [-0.39, 0.29) is 17.9 Å². The van der Waals surface area contributed by atoms with Crippen molar-refractivity contribution in [3.05, 3.63) is 5.89 Å². The number of hydrogen-bond donors (Lipinski definition) is 1. The standard InChI is InChI=1S/C15H26N4O3/c1-4-5-13-17-15(18-22-13)19-8-6-12(7-9-19)14(20)16-11(2)10-21-3/h11-12H,4-10H2,1-3H3,(H,16,20)/t11-/m1/s1. The van der Waals surface area contributed by atoms with Gasteiger partial charge in [0.25, 0.3) is 5.95 Å². The van der Waals surface area contributed by atoms with Crippen molar-refractivity contribution in [3.8, 4) is 0 Å². The number of nitrogens with zero attached hydrogens (tertiary/aromatic N) is 3. The van der Waals surface area contributed by atoms with Gasteiger partial charge in [0, 0.05) is 38.6 Å². The van der Waals surface area contributed by atoms with E-state index in [0.29, 0.717) is 18.4 Å². The summed E-state index contributed by atoms with van der Waals surface area (Å²) in [5.74, 6) is 1.50. The molecular formula is C15H26N4O3. The summed E-state index contributed by atoms with van der Waals surface area (Å²) < 4.78 is 10.3. The molecule has 7 nitrogen and oxygen atoms in total. The molecule has 0 spiro atoms. The Bertz CT molecular complexity index is 469. The van der Waals surface area contributed by atoms with E-state index in [2.05, 4.69) is 27.3 Å². The molecule has 1 aliphatic rings. The topological polar surface area (TPSA) is 80.5 Å². The van der Waals surface area contributed by atoms with E-state index >= 15 is 0 Å². The molecule has 1 fully saturated rings. The second kappa shape index (κ2) is 8.12. The Morgan fingerprint density at radius 2 is 2.23 bits per heavy atom. The van der Waals surface area contributed by atoms with Crippen molar-refractivity contribution < 1.29 is 14.1 Å². The van der Waals surface area contributed by atoms with Crippen LogP contribution >= 0.6 is 0 Å². The van der Waals surface area contributed by atoms with Gasteiger partial charge in [0.15, 0.2) is 0 Å². The number of rotatable bonds is 7. The van der Waals surface area contributed by atoms with Crippen molar-refractivity contribution in [1.82, 2.24) is 15.5 Å². The van der Waals surface area contributed by atoms with Crippen molar-refractivity contribution in [2.24, 2.45) is 5.92 Å². The molecule has 1 aromatic heterocycles. The van der Waals surface area contributed by atoms with Gasteiger partial charge in [0.1, 0.15) is 0 Å². The first-order valence-corrected chi connectivity index (χ1v) is 8.00. The van der Waals surface area contributed by atoms with Crippen LogP contribution in [0, 0.1) is 5.92 Å². The highest BCUT2D eigenvalue weighted by molar-refractivity contribution is 5.79. The maximum Gasteiger partial charge on any atom is 0.266 e. The fraction of sp³-hybridized carbons (Fsp3) is 0.800. The van der Waals surface area contributed by atoms with Crippen molar-refractivity contribution in [1.29, 1.82) is 0 Å². The maximum absolute atomic E-state index is 12.2. The van der Waals surface area contributed by atoms with Crippen LogP contribution in [0.1, 0.15) is 39.0 Å². The predicted molar refractivity (Wildman–Crippen MR) is 82.7 cm³/mol. The van der Waals surface area contributed by atoms with Crippen LogP contribution in [0.4, 0.5) is 5.95 Å². The summed E-state index contributed by atoms with van der Waals surface area (Å²) in [6, 6.07) is 0.0457. The Balaban J connectivity index is 1.80. The number of piperidine rings is 1. The molecule has 0 unspecified atom stereocenters. The van der Waals surface area contributed by atoms with E-state index in [4.69, 9.17) is 9.26 Å². The fourth-order valence-electron chi connectivity index (χ4n) is 2.68. The summed E-state index contributed by atoms with van der Waals surface area (Å²) >= 11 is 0. The van der Waals surface area contributed by atoms with Crippen LogP contribution in [0.3, 0.4) is 0 Å². The van der Waals surface area contributed by atoms with Crippen LogP contribution in [0.25, 0.3) is 0 Å². The third-order valence-corrected chi connectivity index (χ3v) is 3.88. The van der Waals surface area contributed by atoms with Crippen molar-refractivity contribution in [3.63, 3.8) is 0 Å². The molecule has 0 radical (unpaired) electrons. The number of carbonyl (C=O) groups is 1. The number of anilines is 1. The molecule has 0 aromatic carbocycles. The minimum absolute atomic E-state index is 0.0457. The van der Waals surface area contributed by atoms with Gasteiger partial charge in [-0.3, -0.25) is 4.79 Å². The van der Waals surface area contributed by atoms with Crippen molar-refractivity contribution in [2.75, 3.05) is 31.7 Å². The molecule has 1 N–H and O–H groups in total. The lowest BCUT2D eigenvalue weighted by molar-refractivity contribution is -0.126. The van der Waals surface area contributed by atoms with E-state index in [0.717, 1.165) is 38.8 Å². The highest BCUT2D eigenvalue weighted by atomic mass is 16.5. The Hall–Kier alpha value is -1.63. The molecule has 7 heteroatoms. The monoisotopic (exact) mass is 310 g/mol. The molecule has 0 aliphatic carbocycles. The van der Waals surface area contributed by atoms with Crippen LogP contribution < -0.4 is 10.2 Å². The van der Waals surface area contributed by atoms with E-state index < -0.39 is 0 Å². The molecule has 1 aliphatic heterocycles. The molecule has 1 amide bonds. The number of ether oxygens (including phenoxy) is 1. The number of methoxy groups -OCH3 is 1. The van der Waals surface area contributed by atoms with Crippen LogP contribution in [0.15, 0.2) is 4.52 Å². The highest BCUT2D eigenvalue weighted by Crippen LogP contribution is 2.21. The minimum Gasteiger partial charge on any atom is -0.383 e. The minimum atomic E-state index is 0.0457. The molecule has 1 saturated heterocycles. The van der Waals surface area contributed by atoms with Gasteiger partial charge < -0.3 is 19.5 Å². The molecule has 1 atom stereocenters. The van der Waals surface area contributed by atoms with E-state index in [1.54, 1.807) is 7.11 Å². The van der Waals surface area contributed by atoms with E-state index in [1.165, 1.54) is 0 Å². The smallest absolute Gasteiger partial charge is 0.266 e. The molecule has 2 rings (SSSR count). The summed E-state index contributed by atoms with van der Waals surface area (Å²) in [6.45, 7) is 6.13. The van der Waals surface area contributed by atoms with E-state index in [9.17, 15) is 4.79 Å². The Morgan fingerprint density at radius 1 is 1.50 bits per heavy atom. The Morgan fingerprint density at radius 3 is 2.86 bits per heavy atom. The zero-order valence-corrected chi connectivity index (χ0v) is 13.7. The zero-order valence-electron chi connectivity index (χ0n) is 13.7. The normalized spacial score (nSPS) is 17.5. The first kappa shape index (κ1) is 16.7. The van der Waals surface area contributed by atoms with Gasteiger partial charge in [-0.1, -0.05) is 6.92 Å². The zero-order chi connectivity index (χ0) is 15.9. The van der Waals surface area contributed by atoms with E-state index in [1.807, 2.05) is 6.92 Å². The molecular weight excluding hydrogens is 284 g/mol. The molecule has 0 bridgehead atoms. The molecule has 0 saturated carbocycles. The van der Waals surface area contributed by atoms with Gasteiger partial charge in [-0.05, 0) is 31.3 Å². The van der Waals surface area contributed by atoms with Crippen LogP contribution in [-0.4, -0.2) is 48.9 Å². The number of aromatic nitrogens is 2. The molecule has 22 heavy (non-hydrogen) atoms. The fourth-order valence-corrected chi connectivity index (χ4v) is 2.68. The number of amides is 1. The average molecular weight is 310 g/mol. The van der Waals surface area contributed by atoms with Gasteiger partial charge in [0.05, 0.1) is 6.61 Å². The number of hydrogen-bond acceptors (Lipinski definition) is 6. The highest BCUT2D eigenvalue weighted by Gasteiger charge is 2.27. The summed E-state index contributed by atoms with van der Waals surface area (Å²) in [7, 11) is 1.64. The predicted octanol–water partition coefficient (Wildman–Crippen LogP) is 1.39. The second-order valence-corrected chi connectivity index (χ2v) is 5.86. The lowest BCUT2D eigenvalue weighted by atomic mass is 9.96. The third kappa shape index (κ3) is 4.43.